The highest BCUT2D eigenvalue weighted by atomic mass is 32.1. The number of rotatable bonds is 6. The van der Waals surface area contributed by atoms with Gasteiger partial charge in [-0.05, 0) is 41.7 Å². The van der Waals surface area contributed by atoms with Crippen LogP contribution < -0.4 is 4.90 Å². The van der Waals surface area contributed by atoms with Crippen molar-refractivity contribution >= 4 is 38.9 Å². The van der Waals surface area contributed by atoms with E-state index >= 15 is 0 Å². The van der Waals surface area contributed by atoms with Crippen molar-refractivity contribution in [2.45, 2.75) is 32.6 Å². The molecule has 2 aromatic carbocycles. The number of aromatic carboxylic acids is 1. The Morgan fingerprint density at radius 3 is 2.58 bits per heavy atom. The van der Waals surface area contributed by atoms with Gasteiger partial charge in [0.2, 0.25) is 0 Å². The van der Waals surface area contributed by atoms with E-state index in [1.54, 1.807) is 0 Å². The molecule has 0 spiro atoms. The first kappa shape index (κ1) is 17.0. The molecule has 0 aliphatic heterocycles. The highest BCUT2D eigenvalue weighted by Gasteiger charge is 2.27. The van der Waals surface area contributed by atoms with E-state index in [4.69, 9.17) is 0 Å². The number of hydrogen-bond donors (Lipinski definition) is 1. The van der Waals surface area contributed by atoms with Gasteiger partial charge < -0.3 is 10.0 Å². The van der Waals surface area contributed by atoms with Crippen LogP contribution in [-0.2, 0) is 0 Å². The summed E-state index contributed by atoms with van der Waals surface area (Å²) < 4.78 is 0. The van der Waals surface area contributed by atoms with Crippen molar-refractivity contribution in [2.24, 2.45) is 5.92 Å². The number of nitrogens with zero attached hydrogens (tertiary/aromatic N) is 2. The van der Waals surface area contributed by atoms with Crippen molar-refractivity contribution in [3.63, 3.8) is 0 Å². The van der Waals surface area contributed by atoms with Crippen molar-refractivity contribution in [3.05, 3.63) is 53.0 Å². The van der Waals surface area contributed by atoms with Crippen LogP contribution in [0.15, 0.2) is 42.6 Å². The summed E-state index contributed by atoms with van der Waals surface area (Å²) in [5.74, 6) is 0.187. The maximum absolute atomic E-state index is 11.3. The van der Waals surface area contributed by atoms with Crippen LogP contribution >= 0.6 is 11.3 Å². The van der Waals surface area contributed by atoms with Crippen LogP contribution in [0.1, 0.15) is 47.8 Å². The van der Waals surface area contributed by atoms with E-state index in [-0.39, 0.29) is 4.88 Å². The number of anilines is 2. The maximum Gasteiger partial charge on any atom is 0.347 e. The van der Waals surface area contributed by atoms with Gasteiger partial charge in [0.25, 0.3) is 0 Å². The molecule has 4 nitrogen and oxygen atoms in total. The second-order valence-electron chi connectivity index (χ2n) is 7.31. The number of fused-ring (bicyclic) bond motifs is 1. The van der Waals surface area contributed by atoms with Crippen LogP contribution in [0.3, 0.4) is 0 Å². The van der Waals surface area contributed by atoms with Crippen LogP contribution in [0.4, 0.5) is 10.8 Å². The molecule has 1 aromatic heterocycles. The van der Waals surface area contributed by atoms with Crippen LogP contribution in [0.2, 0.25) is 0 Å². The predicted molar refractivity (Wildman–Crippen MR) is 107 cm³/mol. The molecule has 0 atom stereocenters. The van der Waals surface area contributed by atoms with Gasteiger partial charge in [-0.2, -0.15) is 0 Å². The zero-order valence-corrected chi connectivity index (χ0v) is 15.8. The van der Waals surface area contributed by atoms with E-state index in [0.29, 0.717) is 11.8 Å². The molecule has 3 aromatic rings. The van der Waals surface area contributed by atoms with E-state index < -0.39 is 5.97 Å². The second kappa shape index (κ2) is 6.72. The Hall–Kier alpha value is -2.40. The van der Waals surface area contributed by atoms with Crippen molar-refractivity contribution in [3.8, 4) is 0 Å². The summed E-state index contributed by atoms with van der Waals surface area (Å²) in [5, 5.41) is 12.5. The summed E-state index contributed by atoms with van der Waals surface area (Å²) in [6, 6.07) is 13.0. The quantitative estimate of drug-likeness (QED) is 0.611. The van der Waals surface area contributed by atoms with Crippen molar-refractivity contribution in [2.75, 3.05) is 11.4 Å². The van der Waals surface area contributed by atoms with Crippen LogP contribution in [0.5, 0.6) is 0 Å². The molecule has 1 heterocycles. The molecule has 0 bridgehead atoms. The van der Waals surface area contributed by atoms with Gasteiger partial charge in [-0.1, -0.05) is 55.5 Å². The van der Waals surface area contributed by atoms with Gasteiger partial charge in [0.05, 0.1) is 11.9 Å². The minimum absolute atomic E-state index is 0.271. The standard InChI is InChI=1S/C21H22N2O2S/c1-13(2)12-23(21-22-11-19(26-21)20(24)25)18-10-9-15(14-7-8-14)16-5-3-4-6-17(16)18/h3-6,9-11,13-14H,7-8,12H2,1-2H3,(H,24,25). The smallest absolute Gasteiger partial charge is 0.347 e. The summed E-state index contributed by atoms with van der Waals surface area (Å²) in [5.41, 5.74) is 2.53. The minimum Gasteiger partial charge on any atom is -0.477 e. The minimum atomic E-state index is -0.924. The number of benzene rings is 2. The van der Waals surface area contributed by atoms with Crippen LogP contribution in [-0.4, -0.2) is 22.6 Å². The molecule has 5 heteroatoms. The highest BCUT2D eigenvalue weighted by molar-refractivity contribution is 7.17. The molecule has 1 N–H and O–H groups in total. The Kier molecular flexibility index (Phi) is 4.41. The Labute approximate surface area is 157 Å². The fourth-order valence-electron chi connectivity index (χ4n) is 3.43. The van der Waals surface area contributed by atoms with Crippen LogP contribution in [0, 0.1) is 5.92 Å². The lowest BCUT2D eigenvalue weighted by molar-refractivity contribution is 0.0702. The number of carboxylic acids is 1. The Morgan fingerprint density at radius 1 is 1.23 bits per heavy atom. The topological polar surface area (TPSA) is 53.4 Å². The van der Waals surface area contributed by atoms with Crippen molar-refractivity contribution in [1.82, 2.24) is 4.98 Å². The molecule has 1 fully saturated rings. The summed E-state index contributed by atoms with van der Waals surface area (Å²) in [4.78, 5) is 18.1. The monoisotopic (exact) mass is 366 g/mol. The third kappa shape index (κ3) is 3.19. The first-order valence-electron chi connectivity index (χ1n) is 9.03. The molecule has 0 radical (unpaired) electrons. The molecule has 0 saturated heterocycles. The lowest BCUT2D eigenvalue weighted by Gasteiger charge is -2.26. The summed E-state index contributed by atoms with van der Waals surface area (Å²) >= 11 is 1.23. The van der Waals surface area contributed by atoms with Gasteiger partial charge in [0.1, 0.15) is 4.88 Å². The molecular weight excluding hydrogens is 344 g/mol. The first-order chi connectivity index (χ1) is 12.5. The molecule has 0 amide bonds. The summed E-state index contributed by atoms with van der Waals surface area (Å²) in [7, 11) is 0. The fraction of sp³-hybridized carbons (Fsp3) is 0.333. The maximum atomic E-state index is 11.3. The molecule has 1 saturated carbocycles. The lowest BCUT2D eigenvalue weighted by Crippen LogP contribution is -2.22. The van der Waals surface area contributed by atoms with E-state index in [1.807, 2.05) is 0 Å². The Morgan fingerprint density at radius 2 is 1.96 bits per heavy atom. The highest BCUT2D eigenvalue weighted by Crippen LogP contribution is 2.45. The van der Waals surface area contributed by atoms with Crippen LogP contribution in [0.25, 0.3) is 10.8 Å². The number of aromatic nitrogens is 1. The van der Waals surface area contributed by atoms with Gasteiger partial charge >= 0.3 is 5.97 Å². The number of carboxylic acid groups (broad SMARTS) is 1. The summed E-state index contributed by atoms with van der Waals surface area (Å²) in [6.45, 7) is 5.12. The van der Waals surface area contributed by atoms with E-state index in [0.717, 1.165) is 17.4 Å². The molecule has 134 valence electrons. The molecule has 4 rings (SSSR count). The van der Waals surface area contributed by atoms with Gasteiger partial charge in [0.15, 0.2) is 5.13 Å². The number of thiazole rings is 1. The normalized spacial score (nSPS) is 14.1. The average molecular weight is 366 g/mol. The Bertz CT molecular complexity index is 960. The molecule has 1 aliphatic carbocycles. The number of carbonyl (C=O) groups is 1. The Balaban J connectivity index is 1.85. The van der Waals surface area contributed by atoms with Crippen molar-refractivity contribution in [1.29, 1.82) is 0 Å². The van der Waals surface area contributed by atoms with E-state index in [2.05, 4.69) is 60.1 Å². The third-order valence-corrected chi connectivity index (χ3v) is 5.73. The van der Waals surface area contributed by atoms with Gasteiger partial charge in [-0.3, -0.25) is 0 Å². The zero-order chi connectivity index (χ0) is 18.3. The average Bonchev–Trinajstić information content (AvgIpc) is 3.34. The zero-order valence-electron chi connectivity index (χ0n) is 15.0. The summed E-state index contributed by atoms with van der Waals surface area (Å²) in [6.07, 6.45) is 4.00. The second-order valence-corrected chi connectivity index (χ2v) is 8.32. The molecule has 1 aliphatic rings. The van der Waals surface area contributed by atoms with Gasteiger partial charge in [-0.25, -0.2) is 9.78 Å². The SMILES string of the molecule is CC(C)CN(c1ncc(C(=O)O)s1)c1ccc(C2CC2)c2ccccc12. The van der Waals surface area contributed by atoms with Gasteiger partial charge in [0, 0.05) is 11.9 Å². The van der Waals surface area contributed by atoms with E-state index in [1.165, 1.54) is 46.7 Å². The molecule has 26 heavy (non-hydrogen) atoms. The van der Waals surface area contributed by atoms with Crippen molar-refractivity contribution < 1.29 is 9.90 Å². The fourth-order valence-corrected chi connectivity index (χ4v) is 4.20. The number of hydrogen-bond acceptors (Lipinski definition) is 4. The first-order valence-corrected chi connectivity index (χ1v) is 9.84. The van der Waals surface area contributed by atoms with E-state index in [9.17, 15) is 9.90 Å². The predicted octanol–water partition coefficient (Wildman–Crippen LogP) is 5.67. The molecular formula is C21H22N2O2S. The molecule has 0 unspecified atom stereocenters. The van der Waals surface area contributed by atoms with Gasteiger partial charge in [-0.15, -0.1) is 0 Å². The lowest BCUT2D eigenvalue weighted by atomic mass is 9.99. The largest absolute Gasteiger partial charge is 0.477 e. The third-order valence-electron chi connectivity index (χ3n) is 4.73.